The monoisotopic (exact) mass is 295 g/mol. The first-order valence-corrected chi connectivity index (χ1v) is 7.64. The fourth-order valence-electron chi connectivity index (χ4n) is 2.53. The van der Waals surface area contributed by atoms with Gasteiger partial charge in [-0.3, -0.25) is 9.59 Å². The predicted octanol–water partition coefficient (Wildman–Crippen LogP) is 1.71. The van der Waals surface area contributed by atoms with Gasteiger partial charge in [0, 0.05) is 4.88 Å². The Morgan fingerprint density at radius 2 is 2.10 bits per heavy atom. The Balaban J connectivity index is 2.35. The number of carbonyl (C=O) groups is 2. The van der Waals surface area contributed by atoms with E-state index in [1.54, 1.807) is 24.3 Å². The van der Waals surface area contributed by atoms with Crippen LogP contribution in [0.1, 0.15) is 38.3 Å². The van der Waals surface area contributed by atoms with Crippen LogP contribution in [0, 0.1) is 12.8 Å². The predicted molar refractivity (Wildman–Crippen MR) is 78.2 cm³/mol. The summed E-state index contributed by atoms with van der Waals surface area (Å²) in [7, 11) is 0. The van der Waals surface area contributed by atoms with Crippen molar-refractivity contribution in [2.75, 3.05) is 0 Å². The SMILES string of the molecule is Cc1ncsc1CN1C(=O)C(C)(C)NC(=O)C1C(C)C. The topological polar surface area (TPSA) is 62.3 Å². The van der Waals surface area contributed by atoms with Gasteiger partial charge >= 0.3 is 0 Å². The lowest BCUT2D eigenvalue weighted by molar-refractivity contribution is -0.156. The molecule has 1 aromatic rings. The molecular formula is C14H21N3O2S. The van der Waals surface area contributed by atoms with Crippen LogP contribution >= 0.6 is 11.3 Å². The summed E-state index contributed by atoms with van der Waals surface area (Å²) in [6, 6.07) is -0.419. The van der Waals surface area contributed by atoms with Gasteiger partial charge in [-0.05, 0) is 26.7 Å². The third kappa shape index (κ3) is 2.57. The molecule has 20 heavy (non-hydrogen) atoms. The fraction of sp³-hybridized carbons (Fsp3) is 0.643. The van der Waals surface area contributed by atoms with E-state index in [0.717, 1.165) is 10.6 Å². The van der Waals surface area contributed by atoms with E-state index in [4.69, 9.17) is 0 Å². The van der Waals surface area contributed by atoms with Crippen LogP contribution < -0.4 is 5.32 Å². The molecule has 1 atom stereocenters. The zero-order chi connectivity index (χ0) is 15.1. The van der Waals surface area contributed by atoms with Gasteiger partial charge in [0.25, 0.3) is 0 Å². The zero-order valence-corrected chi connectivity index (χ0v) is 13.4. The maximum Gasteiger partial charge on any atom is 0.248 e. The lowest BCUT2D eigenvalue weighted by atomic mass is 9.91. The molecule has 0 radical (unpaired) electrons. The Bertz CT molecular complexity index is 536. The van der Waals surface area contributed by atoms with Crippen molar-refractivity contribution in [1.82, 2.24) is 15.2 Å². The number of nitrogens with zero attached hydrogens (tertiary/aromatic N) is 2. The van der Waals surface area contributed by atoms with E-state index in [1.165, 1.54) is 11.3 Å². The van der Waals surface area contributed by atoms with Crippen LogP contribution in [0.5, 0.6) is 0 Å². The van der Waals surface area contributed by atoms with Gasteiger partial charge in [0.15, 0.2) is 0 Å². The average Bonchev–Trinajstić information content (AvgIpc) is 2.70. The van der Waals surface area contributed by atoms with Gasteiger partial charge in [-0.1, -0.05) is 13.8 Å². The molecule has 0 spiro atoms. The summed E-state index contributed by atoms with van der Waals surface area (Å²) < 4.78 is 0. The molecule has 1 fully saturated rings. The Kier molecular flexibility index (Phi) is 3.86. The lowest BCUT2D eigenvalue weighted by Gasteiger charge is -2.44. The zero-order valence-electron chi connectivity index (χ0n) is 12.6. The van der Waals surface area contributed by atoms with E-state index in [2.05, 4.69) is 10.3 Å². The second-order valence-electron chi connectivity index (χ2n) is 6.10. The van der Waals surface area contributed by atoms with Crippen molar-refractivity contribution in [3.8, 4) is 0 Å². The number of aromatic nitrogens is 1. The van der Waals surface area contributed by atoms with Gasteiger partial charge in [-0.25, -0.2) is 4.98 Å². The smallest absolute Gasteiger partial charge is 0.248 e. The highest BCUT2D eigenvalue weighted by atomic mass is 32.1. The summed E-state index contributed by atoms with van der Waals surface area (Å²) >= 11 is 1.52. The maximum absolute atomic E-state index is 12.6. The number of thiazole rings is 1. The highest BCUT2D eigenvalue weighted by Gasteiger charge is 2.46. The Morgan fingerprint density at radius 3 is 2.60 bits per heavy atom. The molecule has 2 heterocycles. The standard InChI is InChI=1S/C14H21N3O2S/c1-8(2)11-12(18)16-14(4,5)13(19)17(11)6-10-9(3)15-7-20-10/h7-8,11H,6H2,1-5H3,(H,16,18). The molecule has 6 heteroatoms. The van der Waals surface area contributed by atoms with E-state index < -0.39 is 11.6 Å². The number of nitrogens with one attached hydrogen (secondary N) is 1. The molecule has 5 nitrogen and oxygen atoms in total. The maximum atomic E-state index is 12.6. The number of aryl methyl sites for hydroxylation is 1. The first kappa shape index (κ1) is 15.0. The van der Waals surface area contributed by atoms with E-state index in [-0.39, 0.29) is 17.7 Å². The molecule has 2 rings (SSSR count). The Hall–Kier alpha value is -1.43. The van der Waals surface area contributed by atoms with Crippen molar-refractivity contribution < 1.29 is 9.59 Å². The molecule has 1 aliphatic heterocycles. The van der Waals surface area contributed by atoms with Gasteiger partial charge < -0.3 is 10.2 Å². The second kappa shape index (κ2) is 5.16. The molecule has 0 bridgehead atoms. The van der Waals surface area contributed by atoms with Gasteiger partial charge in [0.1, 0.15) is 11.6 Å². The second-order valence-corrected chi connectivity index (χ2v) is 7.04. The molecule has 110 valence electrons. The van der Waals surface area contributed by atoms with Crippen molar-refractivity contribution in [1.29, 1.82) is 0 Å². The van der Waals surface area contributed by atoms with Crippen LogP contribution in [-0.2, 0) is 16.1 Å². The summed E-state index contributed by atoms with van der Waals surface area (Å²) in [5.74, 6) is -0.0429. The molecule has 1 N–H and O–H groups in total. The van der Waals surface area contributed by atoms with Crippen molar-refractivity contribution in [2.45, 2.75) is 52.7 Å². The van der Waals surface area contributed by atoms with Crippen LogP contribution in [0.3, 0.4) is 0 Å². The van der Waals surface area contributed by atoms with Gasteiger partial charge in [0.2, 0.25) is 11.8 Å². The molecule has 1 aromatic heterocycles. The lowest BCUT2D eigenvalue weighted by Crippen LogP contribution is -2.68. The fourth-order valence-corrected chi connectivity index (χ4v) is 3.30. The van der Waals surface area contributed by atoms with E-state index >= 15 is 0 Å². The van der Waals surface area contributed by atoms with Crippen LogP contribution in [0.4, 0.5) is 0 Å². The molecule has 2 amide bonds. The summed E-state index contributed by atoms with van der Waals surface area (Å²) in [6.07, 6.45) is 0. The number of rotatable bonds is 3. The highest BCUT2D eigenvalue weighted by molar-refractivity contribution is 7.09. The summed E-state index contributed by atoms with van der Waals surface area (Å²) in [5, 5.41) is 2.82. The number of piperazine rings is 1. The minimum atomic E-state index is -0.846. The number of carbonyl (C=O) groups excluding carboxylic acids is 2. The average molecular weight is 295 g/mol. The van der Waals surface area contributed by atoms with Crippen LogP contribution in [0.25, 0.3) is 0 Å². The summed E-state index contributed by atoms with van der Waals surface area (Å²) in [6.45, 7) is 9.79. The molecule has 0 aliphatic carbocycles. The van der Waals surface area contributed by atoms with Crippen molar-refractivity contribution in [2.24, 2.45) is 5.92 Å². The van der Waals surface area contributed by atoms with Crippen molar-refractivity contribution >= 4 is 23.2 Å². The van der Waals surface area contributed by atoms with Crippen LogP contribution in [0.2, 0.25) is 0 Å². The third-order valence-corrected chi connectivity index (χ3v) is 4.55. The molecule has 1 unspecified atom stereocenters. The first-order chi connectivity index (χ1) is 9.24. The van der Waals surface area contributed by atoms with E-state index in [1.807, 2.05) is 20.8 Å². The number of hydrogen-bond acceptors (Lipinski definition) is 4. The number of amides is 2. The number of hydrogen-bond donors (Lipinski definition) is 1. The van der Waals surface area contributed by atoms with E-state index in [9.17, 15) is 9.59 Å². The van der Waals surface area contributed by atoms with Crippen molar-refractivity contribution in [3.05, 3.63) is 16.1 Å². The summed E-state index contributed by atoms with van der Waals surface area (Å²) in [5.41, 5.74) is 1.85. The first-order valence-electron chi connectivity index (χ1n) is 6.76. The Morgan fingerprint density at radius 1 is 1.45 bits per heavy atom. The molecule has 0 saturated carbocycles. The van der Waals surface area contributed by atoms with E-state index in [0.29, 0.717) is 6.54 Å². The molecular weight excluding hydrogens is 274 g/mol. The van der Waals surface area contributed by atoms with Gasteiger partial charge in [0.05, 0.1) is 17.7 Å². The van der Waals surface area contributed by atoms with Gasteiger partial charge in [-0.2, -0.15) is 0 Å². The minimum Gasteiger partial charge on any atom is -0.340 e. The molecule has 0 aromatic carbocycles. The Labute approximate surface area is 123 Å². The largest absolute Gasteiger partial charge is 0.340 e. The minimum absolute atomic E-state index is 0.0383. The summed E-state index contributed by atoms with van der Waals surface area (Å²) in [4.78, 5) is 31.9. The third-order valence-electron chi connectivity index (χ3n) is 3.63. The quantitative estimate of drug-likeness (QED) is 0.923. The van der Waals surface area contributed by atoms with Gasteiger partial charge in [-0.15, -0.1) is 11.3 Å². The van der Waals surface area contributed by atoms with Crippen LogP contribution in [0.15, 0.2) is 5.51 Å². The van der Waals surface area contributed by atoms with Crippen molar-refractivity contribution in [3.63, 3.8) is 0 Å². The van der Waals surface area contributed by atoms with Crippen LogP contribution in [-0.4, -0.2) is 33.3 Å². The highest BCUT2D eigenvalue weighted by Crippen LogP contribution is 2.26. The molecule has 1 aliphatic rings. The normalized spacial score (nSPS) is 22.3. The molecule has 1 saturated heterocycles.